The van der Waals surface area contributed by atoms with Crippen molar-refractivity contribution in [3.63, 3.8) is 0 Å². The zero-order chi connectivity index (χ0) is 12.3. The summed E-state index contributed by atoms with van der Waals surface area (Å²) in [6.07, 6.45) is 2.66. The molecular weight excluding hydrogens is 216 g/mol. The van der Waals surface area contributed by atoms with Gasteiger partial charge < -0.3 is 9.73 Å². The van der Waals surface area contributed by atoms with Crippen molar-refractivity contribution in [2.75, 3.05) is 7.05 Å². The van der Waals surface area contributed by atoms with Gasteiger partial charge in [-0.15, -0.1) is 10.2 Å². The molecule has 2 aromatic heterocycles. The smallest absolute Gasteiger partial charge is 0.249 e. The molecule has 0 aliphatic carbocycles. The Hall–Kier alpha value is -1.75. The lowest BCUT2D eigenvalue weighted by Crippen LogP contribution is -2.15. The van der Waals surface area contributed by atoms with Crippen LogP contribution in [0.3, 0.4) is 0 Å². The molecule has 17 heavy (non-hydrogen) atoms. The molecule has 0 aliphatic heterocycles. The van der Waals surface area contributed by atoms with E-state index in [0.29, 0.717) is 11.8 Å². The predicted molar refractivity (Wildman–Crippen MR) is 64.4 cm³/mol. The van der Waals surface area contributed by atoms with Crippen LogP contribution in [0.2, 0.25) is 0 Å². The first kappa shape index (κ1) is 11.7. The Bertz CT molecular complexity index is 491. The summed E-state index contributed by atoms with van der Waals surface area (Å²) >= 11 is 0. The molecule has 0 saturated carbocycles. The molecule has 0 spiro atoms. The third kappa shape index (κ3) is 2.34. The maximum Gasteiger partial charge on any atom is 0.249 e. The van der Waals surface area contributed by atoms with Gasteiger partial charge in [0.1, 0.15) is 0 Å². The largest absolute Gasteiger partial charge is 0.419 e. The standard InChI is InChI=1S/C12H16N4O/c1-4-10(13-3)12-16-15-11(17-12)9-6-5-7-14-8(9)2/h5-7,10,13H,4H2,1-3H3. The van der Waals surface area contributed by atoms with Gasteiger partial charge in [0, 0.05) is 11.9 Å². The molecule has 0 amide bonds. The molecule has 2 rings (SSSR count). The van der Waals surface area contributed by atoms with Crippen LogP contribution in [0, 0.1) is 6.92 Å². The van der Waals surface area contributed by atoms with E-state index in [-0.39, 0.29) is 6.04 Å². The first-order valence-electron chi connectivity index (χ1n) is 5.69. The molecule has 0 bridgehead atoms. The molecule has 0 aromatic carbocycles. The van der Waals surface area contributed by atoms with Gasteiger partial charge in [0.05, 0.1) is 11.6 Å². The third-order valence-electron chi connectivity index (χ3n) is 2.73. The van der Waals surface area contributed by atoms with Crippen molar-refractivity contribution >= 4 is 0 Å². The Morgan fingerprint density at radius 3 is 2.88 bits per heavy atom. The van der Waals surface area contributed by atoms with E-state index in [1.54, 1.807) is 6.20 Å². The molecular formula is C12H16N4O. The van der Waals surface area contributed by atoms with Crippen LogP contribution in [0.4, 0.5) is 0 Å². The van der Waals surface area contributed by atoms with Crippen LogP contribution in [-0.2, 0) is 0 Å². The lowest BCUT2D eigenvalue weighted by molar-refractivity contribution is 0.415. The van der Waals surface area contributed by atoms with Gasteiger partial charge in [0.2, 0.25) is 11.8 Å². The van der Waals surface area contributed by atoms with E-state index in [1.165, 1.54) is 0 Å². The Morgan fingerprint density at radius 1 is 1.41 bits per heavy atom. The van der Waals surface area contributed by atoms with E-state index >= 15 is 0 Å². The lowest BCUT2D eigenvalue weighted by Gasteiger charge is -2.07. The minimum atomic E-state index is 0.105. The average Bonchev–Trinajstić information content (AvgIpc) is 2.81. The van der Waals surface area contributed by atoms with Crippen molar-refractivity contribution in [2.45, 2.75) is 26.3 Å². The van der Waals surface area contributed by atoms with Gasteiger partial charge in [-0.05, 0) is 32.5 Å². The fourth-order valence-corrected chi connectivity index (χ4v) is 1.70. The molecule has 0 fully saturated rings. The number of nitrogens with one attached hydrogen (secondary N) is 1. The Kier molecular flexibility index (Phi) is 3.49. The lowest BCUT2D eigenvalue weighted by atomic mass is 10.2. The summed E-state index contributed by atoms with van der Waals surface area (Å²) in [5.41, 5.74) is 1.78. The minimum absolute atomic E-state index is 0.105. The fraction of sp³-hybridized carbons (Fsp3) is 0.417. The van der Waals surface area contributed by atoms with Crippen molar-refractivity contribution in [3.05, 3.63) is 29.9 Å². The van der Waals surface area contributed by atoms with Crippen LogP contribution < -0.4 is 5.32 Å². The number of aromatic nitrogens is 3. The second kappa shape index (κ2) is 5.05. The van der Waals surface area contributed by atoms with Gasteiger partial charge >= 0.3 is 0 Å². The first-order chi connectivity index (χ1) is 8.26. The van der Waals surface area contributed by atoms with Gasteiger partial charge in [-0.2, -0.15) is 0 Å². The highest BCUT2D eigenvalue weighted by atomic mass is 16.4. The number of pyridine rings is 1. The molecule has 0 aliphatic rings. The number of nitrogens with zero attached hydrogens (tertiary/aromatic N) is 3. The zero-order valence-corrected chi connectivity index (χ0v) is 10.3. The topological polar surface area (TPSA) is 63.8 Å². The number of hydrogen-bond donors (Lipinski definition) is 1. The van der Waals surface area contributed by atoms with Crippen LogP contribution >= 0.6 is 0 Å². The highest BCUT2D eigenvalue weighted by Crippen LogP contribution is 2.23. The van der Waals surface area contributed by atoms with Crippen LogP contribution in [0.5, 0.6) is 0 Å². The zero-order valence-electron chi connectivity index (χ0n) is 10.3. The molecule has 1 unspecified atom stereocenters. The number of aryl methyl sites for hydroxylation is 1. The summed E-state index contributed by atoms with van der Waals surface area (Å²) < 4.78 is 5.67. The third-order valence-corrected chi connectivity index (χ3v) is 2.73. The van der Waals surface area contributed by atoms with Gasteiger partial charge in [0.15, 0.2) is 0 Å². The molecule has 2 aromatic rings. The summed E-state index contributed by atoms with van der Waals surface area (Å²) in [4.78, 5) is 4.21. The number of rotatable bonds is 4. The molecule has 0 radical (unpaired) electrons. The van der Waals surface area contributed by atoms with Crippen LogP contribution in [-0.4, -0.2) is 22.2 Å². The van der Waals surface area contributed by atoms with Crippen molar-refractivity contribution in [1.82, 2.24) is 20.5 Å². The molecule has 1 N–H and O–H groups in total. The van der Waals surface area contributed by atoms with E-state index in [1.807, 2.05) is 26.1 Å². The molecule has 2 heterocycles. The van der Waals surface area contributed by atoms with E-state index < -0.39 is 0 Å². The van der Waals surface area contributed by atoms with E-state index in [2.05, 4.69) is 27.4 Å². The highest BCUT2D eigenvalue weighted by Gasteiger charge is 2.16. The molecule has 5 nitrogen and oxygen atoms in total. The first-order valence-corrected chi connectivity index (χ1v) is 5.69. The van der Waals surface area contributed by atoms with Crippen LogP contribution in [0.1, 0.15) is 31.0 Å². The molecule has 1 atom stereocenters. The summed E-state index contributed by atoms with van der Waals surface area (Å²) in [5, 5.41) is 11.3. The quantitative estimate of drug-likeness (QED) is 0.874. The summed E-state index contributed by atoms with van der Waals surface area (Å²) in [7, 11) is 1.88. The second-order valence-corrected chi connectivity index (χ2v) is 3.83. The molecule has 0 saturated heterocycles. The van der Waals surface area contributed by atoms with Gasteiger partial charge in [-0.25, -0.2) is 0 Å². The molecule has 90 valence electrons. The Labute approximate surface area is 100 Å². The van der Waals surface area contributed by atoms with Gasteiger partial charge in [-0.1, -0.05) is 6.92 Å². The summed E-state index contributed by atoms with van der Waals surface area (Å²) in [6.45, 7) is 3.99. The number of hydrogen-bond acceptors (Lipinski definition) is 5. The van der Waals surface area contributed by atoms with Crippen molar-refractivity contribution in [2.24, 2.45) is 0 Å². The minimum Gasteiger partial charge on any atom is -0.419 e. The Balaban J connectivity index is 2.33. The summed E-state index contributed by atoms with van der Waals surface area (Å²) in [6, 6.07) is 3.90. The normalized spacial score (nSPS) is 12.6. The van der Waals surface area contributed by atoms with Crippen molar-refractivity contribution in [3.8, 4) is 11.5 Å². The fourth-order valence-electron chi connectivity index (χ4n) is 1.70. The van der Waals surface area contributed by atoms with E-state index in [0.717, 1.165) is 17.7 Å². The molecule has 5 heteroatoms. The van der Waals surface area contributed by atoms with Crippen LogP contribution in [0.15, 0.2) is 22.7 Å². The van der Waals surface area contributed by atoms with E-state index in [4.69, 9.17) is 4.42 Å². The Morgan fingerprint density at radius 2 is 2.24 bits per heavy atom. The van der Waals surface area contributed by atoms with Crippen LogP contribution in [0.25, 0.3) is 11.5 Å². The van der Waals surface area contributed by atoms with Crippen molar-refractivity contribution < 1.29 is 4.42 Å². The van der Waals surface area contributed by atoms with E-state index in [9.17, 15) is 0 Å². The van der Waals surface area contributed by atoms with Crippen molar-refractivity contribution in [1.29, 1.82) is 0 Å². The highest BCUT2D eigenvalue weighted by molar-refractivity contribution is 5.55. The second-order valence-electron chi connectivity index (χ2n) is 3.83. The predicted octanol–water partition coefficient (Wildman–Crippen LogP) is 2.11. The maximum absolute atomic E-state index is 5.67. The SMILES string of the molecule is CCC(NC)c1nnc(-c2cccnc2C)o1. The average molecular weight is 232 g/mol. The van der Waals surface area contributed by atoms with Gasteiger partial charge in [0.25, 0.3) is 0 Å². The maximum atomic E-state index is 5.67. The van der Waals surface area contributed by atoms with Gasteiger partial charge in [-0.3, -0.25) is 4.98 Å². The summed E-state index contributed by atoms with van der Waals surface area (Å²) in [5.74, 6) is 1.15. The monoisotopic (exact) mass is 232 g/mol.